The summed E-state index contributed by atoms with van der Waals surface area (Å²) in [5.41, 5.74) is 2.50. The standard InChI is InChI=1S/C28H25NO5/c1-18(2)25(29-26(30)21-11-7-8-12-22(21)27(29)31)28(32)34-23-16-15-20(17-24(23)33-3)14-13-19-9-5-4-6-10-19/h4-18,25H,1-3H3/b14-13+. The fourth-order valence-electron chi connectivity index (χ4n) is 3.93. The van der Waals surface area contributed by atoms with Gasteiger partial charge in [-0.25, -0.2) is 4.79 Å². The number of carbonyl (C=O) groups excluding carboxylic acids is 3. The van der Waals surface area contributed by atoms with Crippen LogP contribution in [0, 0.1) is 5.92 Å². The van der Waals surface area contributed by atoms with Crippen molar-refractivity contribution >= 4 is 29.9 Å². The SMILES string of the molecule is COc1cc(/C=C/c2ccccc2)ccc1OC(=O)C(C(C)C)N1C(=O)c2ccccc2C1=O. The van der Waals surface area contributed by atoms with Gasteiger partial charge in [0.1, 0.15) is 6.04 Å². The normalized spacial score (nSPS) is 13.9. The van der Waals surface area contributed by atoms with Gasteiger partial charge in [0.15, 0.2) is 11.5 Å². The number of fused-ring (bicyclic) bond motifs is 1. The van der Waals surface area contributed by atoms with Crippen molar-refractivity contribution in [2.45, 2.75) is 19.9 Å². The molecule has 0 saturated carbocycles. The maximum absolute atomic E-state index is 13.2. The molecule has 6 heteroatoms. The van der Waals surface area contributed by atoms with Gasteiger partial charge >= 0.3 is 5.97 Å². The Hall–Kier alpha value is -4.19. The highest BCUT2D eigenvalue weighted by Gasteiger charge is 2.44. The zero-order chi connectivity index (χ0) is 24.2. The molecule has 1 unspecified atom stereocenters. The Morgan fingerprint density at radius 1 is 0.794 bits per heavy atom. The van der Waals surface area contributed by atoms with E-state index in [1.54, 1.807) is 56.3 Å². The van der Waals surface area contributed by atoms with Crippen LogP contribution in [0.25, 0.3) is 12.2 Å². The number of amides is 2. The second-order valence-corrected chi connectivity index (χ2v) is 8.29. The van der Waals surface area contributed by atoms with Gasteiger partial charge in [-0.15, -0.1) is 0 Å². The van der Waals surface area contributed by atoms with E-state index in [0.717, 1.165) is 16.0 Å². The lowest BCUT2D eigenvalue weighted by atomic mass is 10.0. The maximum Gasteiger partial charge on any atom is 0.335 e. The third kappa shape index (κ3) is 4.48. The first kappa shape index (κ1) is 23.0. The fraction of sp³-hybridized carbons (Fsp3) is 0.179. The van der Waals surface area contributed by atoms with Crippen LogP contribution in [-0.2, 0) is 4.79 Å². The van der Waals surface area contributed by atoms with Gasteiger partial charge in [-0.05, 0) is 41.3 Å². The van der Waals surface area contributed by atoms with Gasteiger partial charge in [0, 0.05) is 0 Å². The summed E-state index contributed by atoms with van der Waals surface area (Å²) in [6.07, 6.45) is 3.90. The average Bonchev–Trinajstić information content (AvgIpc) is 3.09. The average molecular weight is 456 g/mol. The van der Waals surface area contributed by atoms with E-state index in [2.05, 4.69) is 0 Å². The number of hydrogen-bond acceptors (Lipinski definition) is 5. The van der Waals surface area contributed by atoms with Crippen LogP contribution >= 0.6 is 0 Å². The fourth-order valence-corrected chi connectivity index (χ4v) is 3.93. The van der Waals surface area contributed by atoms with Gasteiger partial charge in [0.25, 0.3) is 11.8 Å². The van der Waals surface area contributed by atoms with Gasteiger partial charge in [0.2, 0.25) is 0 Å². The summed E-state index contributed by atoms with van der Waals surface area (Å²) in [5.74, 6) is -1.46. The van der Waals surface area contributed by atoms with Crippen LogP contribution in [-0.4, -0.2) is 35.8 Å². The highest BCUT2D eigenvalue weighted by Crippen LogP contribution is 2.32. The number of nitrogens with zero attached hydrogens (tertiary/aromatic N) is 1. The minimum Gasteiger partial charge on any atom is -0.493 e. The number of methoxy groups -OCH3 is 1. The van der Waals surface area contributed by atoms with Crippen LogP contribution in [0.2, 0.25) is 0 Å². The molecule has 0 saturated heterocycles. The zero-order valence-electron chi connectivity index (χ0n) is 19.2. The van der Waals surface area contributed by atoms with Crippen LogP contribution in [0.15, 0.2) is 72.8 Å². The second-order valence-electron chi connectivity index (χ2n) is 8.29. The Morgan fingerprint density at radius 3 is 1.97 bits per heavy atom. The van der Waals surface area contributed by atoms with Crippen molar-refractivity contribution in [3.05, 3.63) is 95.1 Å². The van der Waals surface area contributed by atoms with Crippen LogP contribution in [0.1, 0.15) is 45.7 Å². The quantitative estimate of drug-likeness (QED) is 0.215. The van der Waals surface area contributed by atoms with Crippen molar-refractivity contribution in [1.29, 1.82) is 0 Å². The summed E-state index contributed by atoms with van der Waals surface area (Å²) in [6, 6.07) is 20.5. The Labute approximate surface area is 198 Å². The van der Waals surface area contributed by atoms with E-state index in [1.165, 1.54) is 7.11 Å². The molecule has 0 N–H and O–H groups in total. The van der Waals surface area contributed by atoms with E-state index in [1.807, 2.05) is 42.5 Å². The lowest BCUT2D eigenvalue weighted by Crippen LogP contribution is -2.49. The highest BCUT2D eigenvalue weighted by atomic mass is 16.6. The Balaban J connectivity index is 1.56. The summed E-state index contributed by atoms with van der Waals surface area (Å²) < 4.78 is 11.1. The molecule has 3 aromatic rings. The third-order valence-electron chi connectivity index (χ3n) is 5.64. The van der Waals surface area contributed by atoms with Gasteiger partial charge in [-0.1, -0.05) is 74.5 Å². The van der Waals surface area contributed by atoms with Gasteiger partial charge in [0.05, 0.1) is 18.2 Å². The van der Waals surface area contributed by atoms with Gasteiger partial charge in [-0.2, -0.15) is 0 Å². The van der Waals surface area contributed by atoms with Crippen molar-refractivity contribution in [2.75, 3.05) is 7.11 Å². The van der Waals surface area contributed by atoms with E-state index in [-0.39, 0.29) is 22.8 Å². The molecule has 0 fully saturated rings. The van der Waals surface area contributed by atoms with Crippen molar-refractivity contribution < 1.29 is 23.9 Å². The number of rotatable bonds is 7. The summed E-state index contributed by atoms with van der Waals surface area (Å²) in [6.45, 7) is 3.54. The molecule has 1 aliphatic rings. The number of carbonyl (C=O) groups is 3. The lowest BCUT2D eigenvalue weighted by molar-refractivity contribution is -0.140. The van der Waals surface area contributed by atoms with E-state index in [0.29, 0.717) is 5.75 Å². The minimum absolute atomic E-state index is 0.214. The van der Waals surface area contributed by atoms with Crippen LogP contribution in [0.3, 0.4) is 0 Å². The second kappa shape index (κ2) is 9.75. The van der Waals surface area contributed by atoms with E-state index < -0.39 is 23.8 Å². The van der Waals surface area contributed by atoms with Gasteiger partial charge < -0.3 is 9.47 Å². The van der Waals surface area contributed by atoms with Crippen molar-refractivity contribution in [3.63, 3.8) is 0 Å². The molecule has 6 nitrogen and oxygen atoms in total. The molecule has 0 radical (unpaired) electrons. The molecular formula is C28H25NO5. The molecule has 2 amide bonds. The van der Waals surface area contributed by atoms with Crippen LogP contribution in [0.5, 0.6) is 11.5 Å². The van der Waals surface area contributed by atoms with Crippen LogP contribution in [0.4, 0.5) is 0 Å². The molecule has 0 aliphatic carbocycles. The van der Waals surface area contributed by atoms with Crippen molar-refractivity contribution in [3.8, 4) is 11.5 Å². The number of esters is 1. The zero-order valence-corrected chi connectivity index (χ0v) is 19.2. The summed E-state index contributed by atoms with van der Waals surface area (Å²) in [5, 5.41) is 0. The maximum atomic E-state index is 13.2. The molecule has 0 spiro atoms. The number of imide groups is 1. The summed E-state index contributed by atoms with van der Waals surface area (Å²) in [4.78, 5) is 40.1. The van der Waals surface area contributed by atoms with Crippen molar-refractivity contribution in [1.82, 2.24) is 4.90 Å². The monoisotopic (exact) mass is 455 g/mol. The molecule has 3 aromatic carbocycles. The van der Waals surface area contributed by atoms with Crippen LogP contribution < -0.4 is 9.47 Å². The Bertz CT molecular complexity index is 1230. The predicted octanol–water partition coefficient (Wildman–Crippen LogP) is 5.09. The van der Waals surface area contributed by atoms with Gasteiger partial charge in [-0.3, -0.25) is 14.5 Å². The molecule has 1 heterocycles. The summed E-state index contributed by atoms with van der Waals surface area (Å²) in [7, 11) is 1.49. The topological polar surface area (TPSA) is 72.9 Å². The first-order valence-electron chi connectivity index (χ1n) is 11.0. The van der Waals surface area contributed by atoms with Crippen molar-refractivity contribution in [2.24, 2.45) is 5.92 Å². The molecule has 0 bridgehead atoms. The predicted molar refractivity (Wildman–Crippen MR) is 130 cm³/mol. The molecule has 0 aromatic heterocycles. The Kier molecular flexibility index (Phi) is 6.59. The molecule has 34 heavy (non-hydrogen) atoms. The first-order valence-corrected chi connectivity index (χ1v) is 11.0. The molecular weight excluding hydrogens is 430 g/mol. The number of benzene rings is 3. The van der Waals surface area contributed by atoms with E-state index in [9.17, 15) is 14.4 Å². The largest absolute Gasteiger partial charge is 0.493 e. The molecule has 1 aliphatic heterocycles. The number of hydrogen-bond donors (Lipinski definition) is 0. The molecule has 4 rings (SSSR count). The molecule has 1 atom stereocenters. The lowest BCUT2D eigenvalue weighted by Gasteiger charge is -2.27. The minimum atomic E-state index is -1.07. The Morgan fingerprint density at radius 2 is 1.38 bits per heavy atom. The number of ether oxygens (including phenoxy) is 2. The summed E-state index contributed by atoms with van der Waals surface area (Å²) >= 11 is 0. The smallest absolute Gasteiger partial charge is 0.335 e. The first-order chi connectivity index (χ1) is 16.4. The van der Waals surface area contributed by atoms with E-state index >= 15 is 0 Å². The molecule has 172 valence electrons. The highest BCUT2D eigenvalue weighted by molar-refractivity contribution is 6.22. The van der Waals surface area contributed by atoms with E-state index in [4.69, 9.17) is 9.47 Å². The third-order valence-corrected chi connectivity index (χ3v) is 5.64.